The predicted molar refractivity (Wildman–Crippen MR) is 424 cm³/mol. The van der Waals surface area contributed by atoms with Crippen molar-refractivity contribution >= 4 is 113 Å². The second-order valence-corrected chi connectivity index (χ2v) is 32.3. The third-order valence-electron chi connectivity index (χ3n) is 21.6. The molecule has 0 spiro atoms. The highest BCUT2D eigenvalue weighted by molar-refractivity contribution is 8.00. The maximum atomic E-state index is 7.25. The summed E-state index contributed by atoms with van der Waals surface area (Å²) in [5.41, 5.74) is 15.4. The molecule has 8 aromatic carbocycles. The minimum atomic E-state index is -0.140. The van der Waals surface area contributed by atoms with Crippen LogP contribution in [0.3, 0.4) is 0 Å². The molecule has 16 aliphatic rings. The van der Waals surface area contributed by atoms with Gasteiger partial charge in [-0.25, -0.2) is 0 Å². The van der Waals surface area contributed by atoms with Crippen LogP contribution in [0.15, 0.2) is 269 Å². The molecule has 14 heteroatoms. The van der Waals surface area contributed by atoms with Crippen LogP contribution in [0, 0.1) is 23.7 Å². The van der Waals surface area contributed by atoms with E-state index in [1.54, 1.807) is 16.7 Å². The predicted octanol–water partition coefficient (Wildman–Crippen LogP) is 21.9. The molecule has 10 fully saturated rings. The Bertz CT molecular complexity index is 3850. The first-order valence-corrected chi connectivity index (χ1v) is 37.8. The molecule has 8 nitrogen and oxygen atoms in total. The molecule has 15 heterocycles. The van der Waals surface area contributed by atoms with Gasteiger partial charge in [-0.05, 0) is 228 Å². The standard InChI is InChI=1S/C20H21ClN2S.3C20H20N2S.4CH4.B/c21-20(13-22-11-9-15(20)10-12-22)14-23-16-5-1-3-7-18(16)24-19-8-4-2-6-17(19)23;2*1-3-7-19-17(5-1)22(18-6-2-4-8-20(18)23-19)14-16-13-21-11-9-15(16)10-12-21;1-3-7-19-17(5-1)22(18-6-2-4-8-20(18)23-19)13-15-11-14-9-10-16(15)21-12-14;;;;;/h1-8,15H,9-14H2;1-8,14-15H,9-13H2;1-8,13,15H,9-12,14H2;1-8,13-14,16,21H,9-12H2;4*1H4;/b;16-14-;;15-13-;;;;;. The Balaban J connectivity index is 0.000000122. The van der Waals surface area contributed by atoms with E-state index in [1.807, 2.05) is 47.0 Å². The van der Waals surface area contributed by atoms with Gasteiger partial charge in [0, 0.05) is 111 Å². The molecule has 1 aliphatic carbocycles. The Kier molecular flexibility index (Phi) is 22.8. The van der Waals surface area contributed by atoms with Crippen molar-refractivity contribution in [3.63, 3.8) is 0 Å². The average Bonchev–Trinajstić information content (AvgIpc) is 0.774. The number of hydrogen-bond acceptors (Lipinski definition) is 12. The SMILES string of the molecule is C.C.C.C.C(=C1\CC2CCC1NC2)/N1c2ccccc2Sc2ccccc21.C(=C1\CN2CCC1CC2)/N1c2ccccc2Sc2ccccc21.C1=C(CN2c3ccccc3Sc3ccccc32)C2CCN1CC2.ClC1(CN2c3ccccc3Sc3ccccc32)CN2CCC1CC2.[B]. The van der Waals surface area contributed by atoms with Crippen LogP contribution in [-0.4, -0.2) is 106 Å². The zero-order valence-electron chi connectivity index (χ0n) is 53.5. The minimum Gasteiger partial charge on any atom is -0.377 e. The molecule has 3 atom stereocenters. The summed E-state index contributed by atoms with van der Waals surface area (Å²) in [7, 11) is 0. The fourth-order valence-corrected chi connectivity index (χ4v) is 21.5. The fourth-order valence-electron chi connectivity index (χ4n) is 16.6. The highest BCUT2D eigenvalue weighted by Gasteiger charge is 2.47. The van der Waals surface area contributed by atoms with Crippen LogP contribution >= 0.6 is 58.6 Å². The van der Waals surface area contributed by atoms with Crippen LogP contribution < -0.4 is 24.9 Å². The Labute approximate surface area is 610 Å². The van der Waals surface area contributed by atoms with Gasteiger partial charge in [0.05, 0.1) is 50.4 Å². The highest BCUT2D eigenvalue weighted by Crippen LogP contribution is 2.54. The Hall–Kier alpha value is -6.39. The number of nitrogens with zero attached hydrogens (tertiary/aromatic N) is 7. The lowest BCUT2D eigenvalue weighted by Crippen LogP contribution is -2.60. The van der Waals surface area contributed by atoms with Crippen molar-refractivity contribution < 1.29 is 0 Å². The molecule has 98 heavy (non-hydrogen) atoms. The Morgan fingerprint density at radius 3 is 1.14 bits per heavy atom. The van der Waals surface area contributed by atoms with Crippen molar-refractivity contribution in [1.29, 1.82) is 0 Å². The smallest absolute Gasteiger partial charge is 0.0780 e. The van der Waals surface area contributed by atoms with Gasteiger partial charge < -0.3 is 34.7 Å². The number of alkyl halides is 1. The van der Waals surface area contributed by atoms with E-state index < -0.39 is 0 Å². The Morgan fingerprint density at radius 1 is 0.418 bits per heavy atom. The molecule has 15 aliphatic heterocycles. The Morgan fingerprint density at radius 2 is 0.796 bits per heavy atom. The van der Waals surface area contributed by atoms with Crippen LogP contribution in [0.4, 0.5) is 45.5 Å². The van der Waals surface area contributed by atoms with Gasteiger partial charge in [-0.2, -0.15) is 0 Å². The monoisotopic (exact) mass is 1390 g/mol. The summed E-state index contributed by atoms with van der Waals surface area (Å²) in [6.45, 7) is 12.8. The summed E-state index contributed by atoms with van der Waals surface area (Å²) in [5.74, 6) is 3.04. The number of anilines is 8. The molecular formula is C84H97BClN8S4. The largest absolute Gasteiger partial charge is 0.377 e. The lowest BCUT2D eigenvalue weighted by molar-refractivity contribution is 0.0712. The van der Waals surface area contributed by atoms with Gasteiger partial charge in [0.15, 0.2) is 0 Å². The first-order valence-electron chi connectivity index (χ1n) is 34.2. The van der Waals surface area contributed by atoms with E-state index in [0.29, 0.717) is 12.0 Å². The van der Waals surface area contributed by atoms with Crippen molar-refractivity contribution in [3.05, 3.63) is 229 Å². The number of para-hydroxylation sites is 8. The third kappa shape index (κ3) is 14.3. The molecule has 0 amide bonds. The summed E-state index contributed by atoms with van der Waals surface area (Å²) >= 11 is 14.8. The minimum absolute atomic E-state index is 0. The van der Waals surface area contributed by atoms with Crippen molar-refractivity contribution in [2.24, 2.45) is 23.7 Å². The number of nitrogens with one attached hydrogen (secondary N) is 1. The van der Waals surface area contributed by atoms with Gasteiger partial charge in [-0.1, -0.05) is 174 Å². The summed E-state index contributed by atoms with van der Waals surface area (Å²) in [6.07, 6.45) is 19.0. The highest BCUT2D eigenvalue weighted by atomic mass is 35.5. The van der Waals surface area contributed by atoms with Crippen molar-refractivity contribution in [2.75, 3.05) is 91.6 Å². The van der Waals surface area contributed by atoms with Gasteiger partial charge in [-0.15, -0.1) is 11.6 Å². The van der Waals surface area contributed by atoms with Crippen LogP contribution in [0.25, 0.3) is 0 Å². The van der Waals surface area contributed by atoms with Crippen molar-refractivity contribution in [3.8, 4) is 0 Å². The first-order chi connectivity index (χ1) is 45.9. The number of hydrogen-bond donors (Lipinski definition) is 1. The summed E-state index contributed by atoms with van der Waals surface area (Å²) < 4.78 is 0. The fraction of sp³-hybridized carbons (Fsp3) is 0.357. The van der Waals surface area contributed by atoms with Crippen LogP contribution in [0.1, 0.15) is 87.5 Å². The second kappa shape index (κ2) is 31.2. The molecule has 24 rings (SSSR count). The van der Waals surface area contributed by atoms with Crippen molar-refractivity contribution in [1.82, 2.24) is 20.0 Å². The number of piperidine rings is 9. The second-order valence-electron chi connectivity index (χ2n) is 27.2. The quantitative estimate of drug-likeness (QED) is 0.127. The molecular weight excluding hydrogens is 1300 g/mol. The zero-order chi connectivity index (χ0) is 61.8. The molecule has 3 radical (unpaired) electrons. The van der Waals surface area contributed by atoms with Gasteiger partial charge in [-0.3, -0.25) is 4.90 Å². The first kappa shape index (κ1) is 71.4. The lowest BCUT2D eigenvalue weighted by Gasteiger charge is -2.52. The van der Waals surface area contributed by atoms with Crippen LogP contribution in [0.5, 0.6) is 0 Å². The molecule has 507 valence electrons. The molecule has 8 aromatic rings. The van der Waals surface area contributed by atoms with E-state index in [4.69, 9.17) is 11.6 Å². The molecule has 1 saturated carbocycles. The van der Waals surface area contributed by atoms with E-state index in [2.05, 4.69) is 252 Å². The van der Waals surface area contributed by atoms with Gasteiger partial charge in [0.1, 0.15) is 0 Å². The molecule has 9 saturated heterocycles. The van der Waals surface area contributed by atoms with Crippen LogP contribution in [-0.2, 0) is 0 Å². The molecule has 0 aromatic heterocycles. The van der Waals surface area contributed by atoms with E-state index in [-0.39, 0.29) is 43.0 Å². The summed E-state index contributed by atoms with van der Waals surface area (Å²) in [5, 5.41) is 3.71. The summed E-state index contributed by atoms with van der Waals surface area (Å²) in [6, 6.07) is 70.7. The number of benzene rings is 8. The average molecular weight is 1390 g/mol. The third-order valence-corrected chi connectivity index (χ3v) is 26.6. The summed E-state index contributed by atoms with van der Waals surface area (Å²) in [4.78, 5) is 28.1. The van der Waals surface area contributed by atoms with Crippen LogP contribution in [0.2, 0.25) is 0 Å². The van der Waals surface area contributed by atoms with Crippen molar-refractivity contribution in [2.45, 2.75) is 138 Å². The maximum absolute atomic E-state index is 7.25. The van der Waals surface area contributed by atoms with Gasteiger partial charge in [0.2, 0.25) is 0 Å². The topological polar surface area (TPSA) is 34.7 Å². The maximum Gasteiger partial charge on any atom is 0.0780 e. The van der Waals surface area contributed by atoms with E-state index >= 15 is 0 Å². The normalized spacial score (nSPS) is 24.7. The molecule has 1 N–H and O–H groups in total. The lowest BCUT2D eigenvalue weighted by atomic mass is 9.78. The zero-order valence-corrected chi connectivity index (χ0v) is 57.5. The van der Waals surface area contributed by atoms with Gasteiger partial charge >= 0.3 is 0 Å². The molecule has 8 bridgehead atoms. The number of halogens is 1. The van der Waals surface area contributed by atoms with E-state index in [1.165, 1.54) is 188 Å². The number of rotatable bonds is 6. The van der Waals surface area contributed by atoms with E-state index in [9.17, 15) is 0 Å². The van der Waals surface area contributed by atoms with Gasteiger partial charge in [0.25, 0.3) is 0 Å². The molecule has 3 unspecified atom stereocenters. The van der Waals surface area contributed by atoms with E-state index in [0.717, 1.165) is 43.9 Å². The number of fused-ring (bicyclic) bond motifs is 19.